The van der Waals surface area contributed by atoms with E-state index in [4.69, 9.17) is 4.74 Å². The lowest BCUT2D eigenvalue weighted by atomic mass is 10.3. The molecule has 0 unspecified atom stereocenters. The maximum absolute atomic E-state index is 12.9. The molecule has 0 saturated heterocycles. The summed E-state index contributed by atoms with van der Waals surface area (Å²) >= 11 is 1.61. The molecule has 1 aromatic carbocycles. The van der Waals surface area contributed by atoms with Gasteiger partial charge in [0.15, 0.2) is 5.16 Å². The number of rotatable bonds is 5. The van der Waals surface area contributed by atoms with Crippen molar-refractivity contribution in [3.8, 4) is 5.75 Å². The predicted molar refractivity (Wildman–Crippen MR) is 65.8 cm³/mol. The average Bonchev–Trinajstić information content (AvgIpc) is 2.71. The molecule has 1 heterocycles. The average molecular weight is 252 g/mol. The SMILES string of the molecule is Cn1ccnc1SCCOc1cccc(F)c1. The third kappa shape index (κ3) is 3.49. The van der Waals surface area contributed by atoms with Gasteiger partial charge < -0.3 is 9.30 Å². The fraction of sp³-hybridized carbons (Fsp3) is 0.250. The molecule has 1 aromatic heterocycles. The third-order valence-electron chi connectivity index (χ3n) is 2.16. The van der Waals surface area contributed by atoms with E-state index in [0.29, 0.717) is 12.4 Å². The van der Waals surface area contributed by atoms with Crippen molar-refractivity contribution < 1.29 is 9.13 Å². The summed E-state index contributed by atoms with van der Waals surface area (Å²) in [5.74, 6) is 1.06. The number of hydrogen-bond donors (Lipinski definition) is 0. The van der Waals surface area contributed by atoms with Gasteiger partial charge in [-0.3, -0.25) is 0 Å². The quantitative estimate of drug-likeness (QED) is 0.605. The largest absolute Gasteiger partial charge is 0.493 e. The molecule has 0 aliphatic carbocycles. The van der Waals surface area contributed by atoms with Crippen LogP contribution in [-0.2, 0) is 7.05 Å². The van der Waals surface area contributed by atoms with Crippen LogP contribution in [0.1, 0.15) is 0 Å². The predicted octanol–water partition coefficient (Wildman–Crippen LogP) is 2.73. The topological polar surface area (TPSA) is 27.1 Å². The lowest BCUT2D eigenvalue weighted by molar-refractivity contribution is 0.342. The number of aryl methyl sites for hydroxylation is 1. The maximum atomic E-state index is 12.9. The Morgan fingerprint density at radius 3 is 3.06 bits per heavy atom. The van der Waals surface area contributed by atoms with Crippen LogP contribution in [0.3, 0.4) is 0 Å². The minimum Gasteiger partial charge on any atom is -0.493 e. The number of halogens is 1. The minimum atomic E-state index is -0.278. The Bertz CT molecular complexity index is 487. The van der Waals surface area contributed by atoms with Gasteiger partial charge in [-0.2, -0.15) is 0 Å². The number of ether oxygens (including phenoxy) is 1. The first-order chi connectivity index (χ1) is 8.25. The second kappa shape index (κ2) is 5.72. The molecule has 0 atom stereocenters. The molecule has 0 N–H and O–H groups in total. The molecule has 0 aliphatic rings. The van der Waals surface area contributed by atoms with Gasteiger partial charge in [-0.1, -0.05) is 17.8 Å². The molecule has 17 heavy (non-hydrogen) atoms. The van der Waals surface area contributed by atoms with E-state index in [1.165, 1.54) is 12.1 Å². The number of nitrogens with zero attached hydrogens (tertiary/aromatic N) is 2. The van der Waals surface area contributed by atoms with Gasteiger partial charge in [-0.15, -0.1) is 0 Å². The maximum Gasteiger partial charge on any atom is 0.167 e. The summed E-state index contributed by atoms with van der Waals surface area (Å²) in [6, 6.07) is 6.16. The van der Waals surface area contributed by atoms with E-state index in [1.807, 2.05) is 17.8 Å². The van der Waals surface area contributed by atoms with E-state index in [0.717, 1.165) is 10.9 Å². The second-order valence-corrected chi connectivity index (χ2v) is 4.54. The van der Waals surface area contributed by atoms with Crippen LogP contribution in [0.4, 0.5) is 4.39 Å². The molecule has 0 amide bonds. The van der Waals surface area contributed by atoms with Gasteiger partial charge in [0.2, 0.25) is 0 Å². The standard InChI is InChI=1S/C12H13FN2OS/c1-15-6-5-14-12(15)17-8-7-16-11-4-2-3-10(13)9-11/h2-6,9H,7-8H2,1H3. The van der Waals surface area contributed by atoms with Crippen LogP contribution in [0.2, 0.25) is 0 Å². The Morgan fingerprint density at radius 1 is 1.47 bits per heavy atom. The van der Waals surface area contributed by atoms with Crippen molar-refractivity contribution in [1.29, 1.82) is 0 Å². The fourth-order valence-corrected chi connectivity index (χ4v) is 2.09. The molecule has 90 valence electrons. The van der Waals surface area contributed by atoms with Crippen molar-refractivity contribution in [2.24, 2.45) is 7.05 Å². The molecular formula is C12H13FN2OS. The number of benzene rings is 1. The molecule has 3 nitrogen and oxygen atoms in total. The van der Waals surface area contributed by atoms with Crippen LogP contribution in [-0.4, -0.2) is 21.9 Å². The van der Waals surface area contributed by atoms with Crippen molar-refractivity contribution in [3.63, 3.8) is 0 Å². The number of thioether (sulfide) groups is 1. The summed E-state index contributed by atoms with van der Waals surface area (Å²) in [7, 11) is 1.95. The zero-order chi connectivity index (χ0) is 12.1. The molecule has 2 rings (SSSR count). The van der Waals surface area contributed by atoms with E-state index in [-0.39, 0.29) is 5.82 Å². The highest BCUT2D eigenvalue weighted by Crippen LogP contribution is 2.16. The Morgan fingerprint density at radius 2 is 2.35 bits per heavy atom. The molecule has 0 saturated carbocycles. The zero-order valence-corrected chi connectivity index (χ0v) is 10.3. The van der Waals surface area contributed by atoms with E-state index in [2.05, 4.69) is 4.98 Å². The zero-order valence-electron chi connectivity index (χ0n) is 9.47. The van der Waals surface area contributed by atoms with Gasteiger partial charge in [0, 0.05) is 31.3 Å². The van der Waals surface area contributed by atoms with Crippen LogP contribution < -0.4 is 4.74 Å². The number of aromatic nitrogens is 2. The Kier molecular flexibility index (Phi) is 4.03. The van der Waals surface area contributed by atoms with Crippen molar-refractivity contribution in [1.82, 2.24) is 9.55 Å². The molecule has 0 aliphatic heterocycles. The third-order valence-corrected chi connectivity index (χ3v) is 3.18. The highest BCUT2D eigenvalue weighted by atomic mass is 32.2. The number of imidazole rings is 1. The van der Waals surface area contributed by atoms with Crippen molar-refractivity contribution in [3.05, 3.63) is 42.5 Å². The summed E-state index contributed by atoms with van der Waals surface area (Å²) < 4.78 is 20.2. The Balaban J connectivity index is 1.75. The second-order valence-electron chi connectivity index (χ2n) is 3.48. The van der Waals surface area contributed by atoms with E-state index in [9.17, 15) is 4.39 Å². The van der Waals surface area contributed by atoms with Gasteiger partial charge in [-0.05, 0) is 12.1 Å². The van der Waals surface area contributed by atoms with Gasteiger partial charge in [0.05, 0.1) is 6.61 Å². The highest BCUT2D eigenvalue weighted by molar-refractivity contribution is 7.99. The number of hydrogen-bond acceptors (Lipinski definition) is 3. The highest BCUT2D eigenvalue weighted by Gasteiger charge is 2.00. The molecule has 5 heteroatoms. The molecule has 0 spiro atoms. The van der Waals surface area contributed by atoms with Crippen molar-refractivity contribution >= 4 is 11.8 Å². The Labute approximate surface area is 104 Å². The first-order valence-corrected chi connectivity index (χ1v) is 6.23. The smallest absolute Gasteiger partial charge is 0.167 e. The minimum absolute atomic E-state index is 0.278. The van der Waals surface area contributed by atoms with Crippen LogP contribution >= 0.6 is 11.8 Å². The molecular weight excluding hydrogens is 239 g/mol. The van der Waals surface area contributed by atoms with Gasteiger partial charge >= 0.3 is 0 Å². The molecule has 0 radical (unpaired) electrons. The molecule has 0 fully saturated rings. The lowest BCUT2D eigenvalue weighted by Crippen LogP contribution is -2.01. The fourth-order valence-electron chi connectivity index (χ4n) is 1.34. The lowest BCUT2D eigenvalue weighted by Gasteiger charge is -2.05. The Hall–Kier alpha value is -1.49. The summed E-state index contributed by atoms with van der Waals surface area (Å²) in [5.41, 5.74) is 0. The van der Waals surface area contributed by atoms with Gasteiger partial charge in [-0.25, -0.2) is 9.37 Å². The first-order valence-electron chi connectivity index (χ1n) is 5.24. The van der Waals surface area contributed by atoms with Crippen molar-refractivity contribution in [2.45, 2.75) is 5.16 Å². The van der Waals surface area contributed by atoms with E-state index in [1.54, 1.807) is 30.1 Å². The summed E-state index contributed by atoms with van der Waals surface area (Å²) in [6.07, 6.45) is 3.66. The van der Waals surface area contributed by atoms with Gasteiger partial charge in [0.1, 0.15) is 11.6 Å². The molecule has 2 aromatic rings. The monoisotopic (exact) mass is 252 g/mol. The first kappa shape index (κ1) is 12.0. The summed E-state index contributed by atoms with van der Waals surface area (Å²) in [4.78, 5) is 4.18. The normalized spacial score (nSPS) is 10.5. The van der Waals surface area contributed by atoms with E-state index < -0.39 is 0 Å². The van der Waals surface area contributed by atoms with Crippen LogP contribution in [0.15, 0.2) is 41.8 Å². The summed E-state index contributed by atoms with van der Waals surface area (Å²) in [6.45, 7) is 0.529. The van der Waals surface area contributed by atoms with Crippen molar-refractivity contribution in [2.75, 3.05) is 12.4 Å². The summed E-state index contributed by atoms with van der Waals surface area (Å²) in [5, 5.41) is 0.952. The van der Waals surface area contributed by atoms with Crippen LogP contribution in [0, 0.1) is 5.82 Å². The van der Waals surface area contributed by atoms with Gasteiger partial charge in [0.25, 0.3) is 0 Å². The van der Waals surface area contributed by atoms with Crippen LogP contribution in [0.5, 0.6) is 5.75 Å². The molecule has 0 bridgehead atoms. The van der Waals surface area contributed by atoms with Crippen LogP contribution in [0.25, 0.3) is 0 Å². The van der Waals surface area contributed by atoms with E-state index >= 15 is 0 Å².